The number of halogens is 2. The van der Waals surface area contributed by atoms with E-state index in [9.17, 15) is 24.0 Å². The third kappa shape index (κ3) is 6.35. The topological polar surface area (TPSA) is 166 Å². The summed E-state index contributed by atoms with van der Waals surface area (Å²) >= 11 is 0. The highest BCUT2D eigenvalue weighted by atomic mass is 19.1. The molecule has 4 fully saturated rings. The van der Waals surface area contributed by atoms with Gasteiger partial charge in [0.2, 0.25) is 17.7 Å². The molecule has 59 heavy (non-hydrogen) atoms. The fraction of sp³-hybridized carbons (Fsp3) is 0.419. The Kier molecular flexibility index (Phi) is 8.70. The first-order chi connectivity index (χ1) is 28.4. The van der Waals surface area contributed by atoms with Crippen molar-refractivity contribution in [2.45, 2.75) is 57.2 Å². The summed E-state index contributed by atoms with van der Waals surface area (Å²) in [6.45, 7) is 6.40. The minimum atomic E-state index is -2.04. The average molecular weight is 805 g/mol. The number of nitrogens with zero attached hydrogens (tertiary/aromatic N) is 5. The largest absolute Gasteiger partial charge is 0.474 e. The van der Waals surface area contributed by atoms with Crippen LogP contribution in [0.2, 0.25) is 0 Å². The Morgan fingerprint density at radius 2 is 1.73 bits per heavy atom. The molecule has 14 nitrogen and oxygen atoms in total. The molecule has 5 amide bonds. The first kappa shape index (κ1) is 37.3. The maximum atomic E-state index is 16.1. The van der Waals surface area contributed by atoms with Gasteiger partial charge in [0.05, 0.1) is 11.1 Å². The highest BCUT2D eigenvalue weighted by Gasteiger charge is 2.53. The number of likely N-dealkylation sites (tertiary alicyclic amines) is 1. The fourth-order valence-corrected chi connectivity index (χ4v) is 10.00. The molecule has 5 aliphatic heterocycles. The monoisotopic (exact) mass is 804 g/mol. The number of hydrogen-bond acceptors (Lipinski definition) is 11. The molecule has 2 aromatic carbocycles. The second-order valence-corrected chi connectivity index (χ2v) is 17.0. The van der Waals surface area contributed by atoms with Crippen LogP contribution in [0, 0.1) is 24.1 Å². The number of anilines is 3. The number of pyridine rings is 2. The van der Waals surface area contributed by atoms with Gasteiger partial charge in [-0.15, -0.1) is 0 Å². The van der Waals surface area contributed by atoms with Crippen LogP contribution in [0.5, 0.6) is 5.88 Å². The number of amides is 5. The van der Waals surface area contributed by atoms with Crippen LogP contribution in [0.25, 0.3) is 21.9 Å². The normalized spacial score (nSPS) is 22.3. The lowest BCUT2D eigenvalue weighted by Crippen LogP contribution is -2.63. The Morgan fingerprint density at radius 3 is 2.51 bits per heavy atom. The predicted octanol–water partition coefficient (Wildman–Crippen LogP) is 4.61. The Morgan fingerprint density at radius 1 is 0.949 bits per heavy atom. The van der Waals surface area contributed by atoms with E-state index >= 15 is 8.78 Å². The van der Waals surface area contributed by atoms with Crippen molar-refractivity contribution in [3.05, 3.63) is 71.3 Å². The maximum Gasteiger partial charge on any atom is 0.263 e. The van der Waals surface area contributed by atoms with E-state index in [0.29, 0.717) is 59.9 Å². The highest BCUT2D eigenvalue weighted by molar-refractivity contribution is 6.23. The number of hydrogen-bond donors (Lipinski definition) is 3. The number of imide groups is 2. The summed E-state index contributed by atoms with van der Waals surface area (Å²) in [5.74, 6) is -2.11. The lowest BCUT2D eigenvalue weighted by atomic mass is 9.57. The first-order valence-electron chi connectivity index (χ1n) is 20.2. The number of alkyl halides is 1. The molecule has 7 heterocycles. The molecule has 1 saturated carbocycles. The summed E-state index contributed by atoms with van der Waals surface area (Å²) in [5.41, 5.74) is 2.01. The van der Waals surface area contributed by atoms with Crippen molar-refractivity contribution in [2.75, 3.05) is 61.4 Å². The van der Waals surface area contributed by atoms with E-state index in [1.807, 2.05) is 13.0 Å². The standard InChI is InChI=1S/C43H42F2N8O6/c1-23-31(19-48-38-36(23)46-8-11-59-38)29-12-25-14-34(47-18-26(25)13-32(29)44)49-41(58)43(45)6-9-51(10-7-43)20-24-16-42(17-24)21-52(22-42)27-2-3-28-30(15-27)40(57)53(39(28)56)33-4-5-35(54)50-37(33)55/h2-3,12-15,18-19,24,33,46H,4-11,16-17,20-22H2,1H3,(H,47,49,58)(H,50,54,55). The number of fused-ring (bicyclic) bond motifs is 3. The van der Waals surface area contributed by atoms with E-state index in [-0.39, 0.29) is 48.0 Å². The van der Waals surface area contributed by atoms with E-state index in [0.717, 1.165) is 54.3 Å². The minimum absolute atomic E-state index is 0.0658. The van der Waals surface area contributed by atoms with Crippen molar-refractivity contribution < 1.29 is 37.5 Å². The molecule has 1 atom stereocenters. The van der Waals surface area contributed by atoms with Crippen LogP contribution in [0.4, 0.5) is 26.0 Å². The highest BCUT2D eigenvalue weighted by Crippen LogP contribution is 2.53. The van der Waals surface area contributed by atoms with Crippen molar-refractivity contribution in [2.24, 2.45) is 11.3 Å². The molecule has 1 aliphatic carbocycles. The zero-order valence-electron chi connectivity index (χ0n) is 32.4. The van der Waals surface area contributed by atoms with Gasteiger partial charge >= 0.3 is 0 Å². The molecular weight excluding hydrogens is 763 g/mol. The van der Waals surface area contributed by atoms with E-state index in [1.165, 1.54) is 12.3 Å². The average Bonchev–Trinajstić information content (AvgIpc) is 3.44. The molecule has 4 aromatic rings. The molecule has 1 spiro atoms. The van der Waals surface area contributed by atoms with E-state index in [2.05, 4.69) is 35.7 Å². The summed E-state index contributed by atoms with van der Waals surface area (Å²) < 4.78 is 37.1. The zero-order valence-corrected chi connectivity index (χ0v) is 32.4. The van der Waals surface area contributed by atoms with E-state index < -0.39 is 47.1 Å². The Balaban J connectivity index is 0.715. The van der Waals surface area contributed by atoms with Crippen LogP contribution in [0.15, 0.2) is 48.8 Å². The summed E-state index contributed by atoms with van der Waals surface area (Å²) in [7, 11) is 0. The number of benzene rings is 2. The van der Waals surface area contributed by atoms with Gasteiger partial charge in [-0.25, -0.2) is 18.7 Å². The second kappa shape index (κ2) is 13.8. The van der Waals surface area contributed by atoms with Crippen LogP contribution < -0.4 is 25.6 Å². The van der Waals surface area contributed by atoms with Gasteiger partial charge in [0.15, 0.2) is 5.67 Å². The number of nitrogens with one attached hydrogen (secondary N) is 3. The first-order valence-corrected chi connectivity index (χ1v) is 20.2. The van der Waals surface area contributed by atoms with Gasteiger partial charge < -0.3 is 25.2 Å². The lowest BCUT2D eigenvalue weighted by Gasteiger charge is -2.60. The Bertz CT molecular complexity index is 2490. The number of piperidine rings is 2. The quantitative estimate of drug-likeness (QED) is 0.224. The maximum absolute atomic E-state index is 16.1. The van der Waals surface area contributed by atoms with Crippen molar-refractivity contribution in [1.82, 2.24) is 25.1 Å². The molecule has 10 rings (SSSR count). The van der Waals surface area contributed by atoms with Crippen LogP contribution in [0.3, 0.4) is 0 Å². The number of ether oxygens (including phenoxy) is 1. The third-order valence-corrected chi connectivity index (χ3v) is 13.1. The molecule has 0 radical (unpaired) electrons. The van der Waals surface area contributed by atoms with Crippen LogP contribution in [-0.4, -0.2) is 107 Å². The number of aromatic nitrogens is 2. The van der Waals surface area contributed by atoms with Gasteiger partial charge in [-0.2, -0.15) is 0 Å². The third-order valence-electron chi connectivity index (χ3n) is 13.1. The molecule has 2 aromatic heterocycles. The van der Waals surface area contributed by atoms with Gasteiger partial charge in [0, 0.05) is 98.5 Å². The van der Waals surface area contributed by atoms with Crippen LogP contribution >= 0.6 is 0 Å². The molecule has 304 valence electrons. The number of carbonyl (C=O) groups is 5. The van der Waals surface area contributed by atoms with Gasteiger partial charge in [0.1, 0.15) is 30.0 Å². The fourth-order valence-electron chi connectivity index (χ4n) is 10.00. The molecule has 6 aliphatic rings. The number of rotatable bonds is 7. The smallest absolute Gasteiger partial charge is 0.263 e. The Labute approximate surface area is 337 Å². The SMILES string of the molecule is Cc1c(-c2cc3cc(NC(=O)C4(F)CCN(CC5CC6(C5)CN(c5ccc7c(c5)C(=O)N(C5CCC(=O)NC5=O)C7=O)C6)CC4)ncc3cc2F)cnc2c1NCCO2. The summed E-state index contributed by atoms with van der Waals surface area (Å²) in [4.78, 5) is 77.8. The molecule has 3 N–H and O–H groups in total. The zero-order chi connectivity index (χ0) is 40.8. The molecule has 3 saturated heterocycles. The second-order valence-electron chi connectivity index (χ2n) is 17.0. The van der Waals surface area contributed by atoms with Gasteiger partial charge in [-0.1, -0.05) is 0 Å². The van der Waals surface area contributed by atoms with Crippen LogP contribution in [-0.2, 0) is 14.4 Å². The molecule has 1 unspecified atom stereocenters. The minimum Gasteiger partial charge on any atom is -0.474 e. The van der Waals surface area contributed by atoms with Crippen LogP contribution in [0.1, 0.15) is 64.8 Å². The van der Waals surface area contributed by atoms with Gasteiger partial charge in [-0.05, 0) is 79.5 Å². The molecule has 0 bridgehead atoms. The van der Waals surface area contributed by atoms with Crippen molar-refractivity contribution >= 4 is 57.5 Å². The summed E-state index contributed by atoms with van der Waals surface area (Å²) in [6, 6.07) is 8.93. The lowest BCUT2D eigenvalue weighted by molar-refractivity contribution is -0.136. The van der Waals surface area contributed by atoms with Crippen molar-refractivity contribution in [3.8, 4) is 17.0 Å². The summed E-state index contributed by atoms with van der Waals surface area (Å²) in [5, 5.41) is 9.37. The summed E-state index contributed by atoms with van der Waals surface area (Å²) in [6.07, 6.45) is 5.43. The predicted molar refractivity (Wildman–Crippen MR) is 212 cm³/mol. The molecule has 16 heteroatoms. The van der Waals surface area contributed by atoms with E-state index in [1.54, 1.807) is 30.5 Å². The van der Waals surface area contributed by atoms with Gasteiger partial charge in [0.25, 0.3) is 17.7 Å². The van der Waals surface area contributed by atoms with Crippen molar-refractivity contribution in [3.63, 3.8) is 0 Å². The Hall–Kier alpha value is -6.03. The van der Waals surface area contributed by atoms with E-state index in [4.69, 9.17) is 4.74 Å². The van der Waals surface area contributed by atoms with Gasteiger partial charge in [-0.3, -0.25) is 34.2 Å². The number of carbonyl (C=O) groups excluding carboxylic acids is 5. The molecular formula is C43H42F2N8O6. The van der Waals surface area contributed by atoms with Crippen molar-refractivity contribution in [1.29, 1.82) is 0 Å².